The van der Waals surface area contributed by atoms with E-state index in [4.69, 9.17) is 15.1 Å². The van der Waals surface area contributed by atoms with Gasteiger partial charge >= 0.3 is 5.69 Å². The number of carbonyl (C=O) groups is 1. The Morgan fingerprint density at radius 3 is 2.81 bits per heavy atom. The molecule has 3 heterocycles. The number of benzene rings is 1. The Labute approximate surface area is 212 Å². The minimum Gasteiger partial charge on any atom is -0.496 e. The predicted octanol–water partition coefficient (Wildman–Crippen LogP) is 3.35. The van der Waals surface area contributed by atoms with E-state index in [2.05, 4.69) is 6.92 Å². The average molecular weight is 493 g/mol. The first kappa shape index (κ1) is 25.6. The summed E-state index contributed by atoms with van der Waals surface area (Å²) in [6.07, 6.45) is 7.37. The van der Waals surface area contributed by atoms with Gasteiger partial charge in [0.1, 0.15) is 11.4 Å². The molecule has 2 aliphatic rings. The van der Waals surface area contributed by atoms with Crippen molar-refractivity contribution in [2.75, 3.05) is 40.8 Å². The molecule has 2 unspecified atom stereocenters. The number of hydrogen-bond acceptors (Lipinski definition) is 6. The second-order valence-electron chi connectivity index (χ2n) is 9.83. The van der Waals surface area contributed by atoms with E-state index in [1.165, 1.54) is 0 Å². The number of imidazole rings is 1. The standard InChI is InChI=1S/C27H36N6O3/c1-6-19-14-22(28)25-26(29-16-19)33(21-11-13-31(17-21)24(34)8-7-12-30(3)4)27(35)32(25)20-10-9-18(2)23(15-20)36-5/h7-10,15-16,19,21,28H,6,11-14,17H2,1-5H3. The summed E-state index contributed by atoms with van der Waals surface area (Å²) >= 11 is 0. The van der Waals surface area contributed by atoms with E-state index in [-0.39, 0.29) is 23.6 Å². The van der Waals surface area contributed by atoms with Gasteiger partial charge in [0.25, 0.3) is 0 Å². The highest BCUT2D eigenvalue weighted by Gasteiger charge is 2.34. The number of likely N-dealkylation sites (N-methyl/N-ethyl adjacent to an activating group) is 1. The number of aromatic nitrogens is 2. The van der Waals surface area contributed by atoms with Crippen LogP contribution < -0.4 is 10.4 Å². The van der Waals surface area contributed by atoms with Gasteiger partial charge in [-0.25, -0.2) is 9.79 Å². The first-order valence-electron chi connectivity index (χ1n) is 12.5. The van der Waals surface area contributed by atoms with Gasteiger partial charge in [0.2, 0.25) is 5.91 Å². The number of nitrogens with one attached hydrogen (secondary N) is 1. The van der Waals surface area contributed by atoms with Crippen molar-refractivity contribution in [3.63, 3.8) is 0 Å². The Morgan fingerprint density at radius 2 is 2.11 bits per heavy atom. The molecule has 2 aromatic rings. The molecule has 0 aliphatic carbocycles. The van der Waals surface area contributed by atoms with Gasteiger partial charge in [0.15, 0.2) is 5.82 Å². The van der Waals surface area contributed by atoms with Crippen molar-refractivity contribution in [1.82, 2.24) is 18.9 Å². The Hall–Kier alpha value is -3.46. The number of aryl methyl sites for hydroxylation is 1. The highest BCUT2D eigenvalue weighted by Crippen LogP contribution is 2.34. The number of likely N-dealkylation sites (tertiary alicyclic amines) is 1. The smallest absolute Gasteiger partial charge is 0.335 e. The molecular weight excluding hydrogens is 456 g/mol. The maximum atomic E-state index is 14.0. The van der Waals surface area contributed by atoms with Gasteiger partial charge in [-0.05, 0) is 57.8 Å². The Kier molecular flexibility index (Phi) is 7.59. The first-order valence-corrected chi connectivity index (χ1v) is 12.5. The molecule has 1 fully saturated rings. The fourth-order valence-corrected chi connectivity index (χ4v) is 4.88. The zero-order valence-corrected chi connectivity index (χ0v) is 21.8. The topological polar surface area (TPSA) is 95.9 Å². The molecule has 192 valence electrons. The molecule has 2 aliphatic heterocycles. The lowest BCUT2D eigenvalue weighted by Crippen LogP contribution is -2.31. The van der Waals surface area contributed by atoms with Gasteiger partial charge in [-0.1, -0.05) is 19.1 Å². The van der Waals surface area contributed by atoms with Crippen molar-refractivity contribution in [1.29, 1.82) is 5.41 Å². The molecule has 9 heteroatoms. The van der Waals surface area contributed by atoms with Crippen molar-refractivity contribution in [2.45, 2.75) is 39.2 Å². The molecule has 4 rings (SSSR count). The largest absolute Gasteiger partial charge is 0.496 e. The minimum atomic E-state index is -0.245. The molecule has 0 spiro atoms. The van der Waals surface area contributed by atoms with Crippen LogP contribution in [0.5, 0.6) is 5.75 Å². The van der Waals surface area contributed by atoms with Crippen LogP contribution in [0.3, 0.4) is 0 Å². The summed E-state index contributed by atoms with van der Waals surface area (Å²) in [5.41, 5.74) is 2.28. The van der Waals surface area contributed by atoms with E-state index in [1.807, 2.05) is 56.4 Å². The second kappa shape index (κ2) is 10.7. The summed E-state index contributed by atoms with van der Waals surface area (Å²) in [6.45, 7) is 5.72. The van der Waals surface area contributed by atoms with Gasteiger partial charge in [-0.15, -0.1) is 0 Å². The van der Waals surface area contributed by atoms with Crippen molar-refractivity contribution >= 4 is 23.7 Å². The minimum absolute atomic E-state index is 0.0523. The lowest BCUT2D eigenvalue weighted by Gasteiger charge is -2.16. The quantitative estimate of drug-likeness (QED) is 0.600. The molecule has 1 saturated heterocycles. The van der Waals surface area contributed by atoms with Crippen LogP contribution in [-0.4, -0.2) is 77.6 Å². The Bertz CT molecular complexity index is 1270. The Morgan fingerprint density at radius 1 is 1.33 bits per heavy atom. The zero-order valence-electron chi connectivity index (χ0n) is 21.8. The number of rotatable bonds is 7. The summed E-state index contributed by atoms with van der Waals surface area (Å²) < 4.78 is 8.80. The lowest BCUT2D eigenvalue weighted by atomic mass is 10.00. The number of ether oxygens (including phenoxy) is 1. The number of carbonyl (C=O) groups excluding carboxylic acids is 1. The fourth-order valence-electron chi connectivity index (χ4n) is 4.88. The van der Waals surface area contributed by atoms with Crippen LogP contribution >= 0.6 is 0 Å². The molecule has 2 atom stereocenters. The van der Waals surface area contributed by atoms with Crippen LogP contribution in [0, 0.1) is 18.3 Å². The highest BCUT2D eigenvalue weighted by atomic mass is 16.5. The third-order valence-corrected chi connectivity index (χ3v) is 6.97. The van der Waals surface area contributed by atoms with Gasteiger partial charge in [0, 0.05) is 38.0 Å². The van der Waals surface area contributed by atoms with Crippen LogP contribution in [0.2, 0.25) is 0 Å². The van der Waals surface area contributed by atoms with Gasteiger partial charge in [-0.2, -0.15) is 0 Å². The molecule has 0 saturated carbocycles. The molecule has 0 bridgehead atoms. The first-order chi connectivity index (χ1) is 17.2. The van der Waals surface area contributed by atoms with Crippen LogP contribution in [0.1, 0.15) is 43.5 Å². The maximum absolute atomic E-state index is 14.0. The van der Waals surface area contributed by atoms with Crippen LogP contribution in [0.25, 0.3) is 5.69 Å². The fraction of sp³-hybridized carbons (Fsp3) is 0.481. The number of nitrogens with zero attached hydrogens (tertiary/aromatic N) is 5. The van der Waals surface area contributed by atoms with Crippen molar-refractivity contribution in [3.05, 3.63) is 52.1 Å². The number of aliphatic imine (C=N–C) groups is 1. The molecule has 1 aromatic carbocycles. The van der Waals surface area contributed by atoms with Gasteiger partial charge < -0.3 is 19.9 Å². The van der Waals surface area contributed by atoms with Crippen molar-refractivity contribution in [2.24, 2.45) is 10.9 Å². The van der Waals surface area contributed by atoms with Crippen molar-refractivity contribution < 1.29 is 9.53 Å². The monoisotopic (exact) mass is 492 g/mol. The van der Waals surface area contributed by atoms with Gasteiger partial charge in [-0.3, -0.25) is 13.9 Å². The van der Waals surface area contributed by atoms with E-state index in [1.54, 1.807) is 27.2 Å². The van der Waals surface area contributed by atoms with Crippen LogP contribution in [-0.2, 0) is 4.79 Å². The van der Waals surface area contributed by atoms with Crippen molar-refractivity contribution in [3.8, 4) is 11.4 Å². The summed E-state index contributed by atoms with van der Waals surface area (Å²) in [4.78, 5) is 35.2. The van der Waals surface area contributed by atoms with Gasteiger partial charge in [0.05, 0.1) is 24.6 Å². The normalized spacial score (nSPS) is 19.8. The lowest BCUT2D eigenvalue weighted by molar-refractivity contribution is -0.125. The number of amides is 1. The van der Waals surface area contributed by atoms with Crippen LogP contribution in [0.15, 0.2) is 40.1 Å². The summed E-state index contributed by atoms with van der Waals surface area (Å²) in [5, 5.41) is 8.91. The second-order valence-corrected chi connectivity index (χ2v) is 9.83. The molecule has 1 amide bonds. The predicted molar refractivity (Wildman–Crippen MR) is 143 cm³/mol. The number of fused-ring (bicyclic) bond motifs is 1. The van der Waals surface area contributed by atoms with Crippen LogP contribution in [0.4, 0.5) is 5.82 Å². The van der Waals surface area contributed by atoms with E-state index in [0.717, 1.165) is 12.0 Å². The molecule has 0 radical (unpaired) electrons. The summed E-state index contributed by atoms with van der Waals surface area (Å²) in [7, 11) is 5.51. The maximum Gasteiger partial charge on any atom is 0.335 e. The van der Waals surface area contributed by atoms with E-state index < -0.39 is 0 Å². The third kappa shape index (κ3) is 4.93. The number of methoxy groups -OCH3 is 1. The summed E-state index contributed by atoms with van der Waals surface area (Å²) in [5.74, 6) is 1.27. The van der Waals surface area contributed by atoms with E-state index >= 15 is 0 Å². The molecule has 1 N–H and O–H groups in total. The zero-order chi connectivity index (χ0) is 26.0. The van der Waals surface area contributed by atoms with E-state index in [9.17, 15) is 9.59 Å². The SMILES string of the molecule is CCC1C=Nc2c(n(-c3ccc(C)c(OC)c3)c(=O)n2C2CCN(C(=O)C=CCN(C)C)C2)C(=N)C1. The third-order valence-electron chi connectivity index (χ3n) is 6.97. The Balaban J connectivity index is 1.77. The molecule has 36 heavy (non-hydrogen) atoms. The van der Waals surface area contributed by atoms with E-state index in [0.29, 0.717) is 61.1 Å². The molecule has 1 aromatic heterocycles. The molecular formula is C27H36N6O3. The average Bonchev–Trinajstić information content (AvgIpc) is 3.39. The number of hydrogen-bond donors (Lipinski definition) is 1. The molecule has 9 nitrogen and oxygen atoms in total. The summed E-state index contributed by atoms with van der Waals surface area (Å²) in [6, 6.07) is 5.41. The highest BCUT2D eigenvalue weighted by molar-refractivity contribution is 6.04.